The summed E-state index contributed by atoms with van der Waals surface area (Å²) in [6.07, 6.45) is 2.47. The normalized spacial score (nSPS) is 12.0. The van der Waals surface area contributed by atoms with E-state index in [4.69, 9.17) is 9.47 Å². The number of pyridine rings is 2. The molecule has 0 saturated heterocycles. The van der Waals surface area contributed by atoms with Crippen LogP contribution in [0.25, 0.3) is 16.6 Å². The summed E-state index contributed by atoms with van der Waals surface area (Å²) in [5.41, 5.74) is 2.04. The number of aliphatic hydroxyl groups excluding tert-OH is 1. The second-order valence-electron chi connectivity index (χ2n) is 10.2. The molecule has 0 aliphatic carbocycles. The van der Waals surface area contributed by atoms with Gasteiger partial charge in [0, 0.05) is 29.0 Å². The van der Waals surface area contributed by atoms with E-state index >= 15 is 0 Å². The Morgan fingerprint density at radius 2 is 1.76 bits per heavy atom. The maximum Gasteiger partial charge on any atom is 0.282 e. The van der Waals surface area contributed by atoms with E-state index < -0.39 is 11.7 Å². The van der Waals surface area contributed by atoms with Crippen molar-refractivity contribution in [1.82, 2.24) is 19.3 Å². The topological polar surface area (TPSA) is 108 Å². The third kappa shape index (κ3) is 5.76. The molecule has 0 fully saturated rings. The number of benzene rings is 2. The number of aliphatic hydroxyl groups is 1. The van der Waals surface area contributed by atoms with Gasteiger partial charge in [0.25, 0.3) is 5.56 Å². The predicted octanol–water partition coefficient (Wildman–Crippen LogP) is 5.13. The highest BCUT2D eigenvalue weighted by molar-refractivity contribution is 5.98. The molecule has 5 aromatic rings. The first-order valence-corrected chi connectivity index (χ1v) is 13.4. The fraction of sp³-hybridized carbons (Fsp3) is 0.250. The molecule has 0 radical (unpaired) electrons. The minimum Gasteiger partial charge on any atom is -0.497 e. The van der Waals surface area contributed by atoms with Crippen LogP contribution in [-0.2, 0) is 13.0 Å². The maximum atomic E-state index is 13.6. The number of hydrogen-bond acceptors (Lipinski definition) is 7. The second kappa shape index (κ2) is 11.8. The molecule has 3 heterocycles. The molecule has 0 aliphatic rings. The van der Waals surface area contributed by atoms with E-state index in [0.717, 1.165) is 10.9 Å². The molecule has 1 atom stereocenters. The van der Waals surface area contributed by atoms with E-state index in [1.54, 1.807) is 61.4 Å². The monoisotopic (exact) mass is 552 g/mol. The Morgan fingerprint density at radius 1 is 1.00 bits per heavy atom. The van der Waals surface area contributed by atoms with Crippen molar-refractivity contribution >= 4 is 16.7 Å². The van der Waals surface area contributed by atoms with Crippen molar-refractivity contribution in [2.45, 2.75) is 39.8 Å². The van der Waals surface area contributed by atoms with Crippen LogP contribution in [0.4, 0.5) is 0 Å². The van der Waals surface area contributed by atoms with Crippen molar-refractivity contribution < 1.29 is 19.4 Å². The lowest BCUT2D eigenvalue weighted by atomic mass is 10.1. The standard InChI is InChI=1S/C32H32N4O5/c1-20(2)29(38)19-35-21(3)31(32(39)36(35)23-8-6-5-7-9-23)28(37)16-22-10-11-25(18-34-22)41-30-14-15-33-27-17-24(40-4)12-13-26(27)30/h5-15,17-18,20,29,38H,16,19H2,1-4H3/t29-/m1/s1. The molecule has 2 aromatic carbocycles. The van der Waals surface area contributed by atoms with Gasteiger partial charge in [-0.2, -0.15) is 0 Å². The number of methoxy groups -OCH3 is 1. The molecule has 0 amide bonds. The Morgan fingerprint density at radius 3 is 2.44 bits per heavy atom. The van der Waals surface area contributed by atoms with Crippen molar-refractivity contribution in [2.75, 3.05) is 7.11 Å². The lowest BCUT2D eigenvalue weighted by Crippen LogP contribution is -2.29. The number of hydrogen-bond donors (Lipinski definition) is 1. The summed E-state index contributed by atoms with van der Waals surface area (Å²) < 4.78 is 14.5. The van der Waals surface area contributed by atoms with Crippen LogP contribution in [0.1, 0.15) is 35.6 Å². The van der Waals surface area contributed by atoms with Gasteiger partial charge in [-0.05, 0) is 55.3 Å². The van der Waals surface area contributed by atoms with E-state index in [0.29, 0.717) is 34.3 Å². The molecular weight excluding hydrogens is 520 g/mol. The van der Waals surface area contributed by atoms with Gasteiger partial charge in [0.1, 0.15) is 22.8 Å². The number of carbonyl (C=O) groups is 1. The number of aromatic nitrogens is 4. The summed E-state index contributed by atoms with van der Waals surface area (Å²) in [6, 6.07) is 19.9. The Hall–Kier alpha value is -4.76. The Labute approximate surface area is 237 Å². The van der Waals surface area contributed by atoms with Crippen LogP contribution in [0.15, 0.2) is 83.9 Å². The summed E-state index contributed by atoms with van der Waals surface area (Å²) in [6.45, 7) is 5.74. The summed E-state index contributed by atoms with van der Waals surface area (Å²) in [4.78, 5) is 35.9. The second-order valence-corrected chi connectivity index (χ2v) is 10.2. The average Bonchev–Trinajstić information content (AvgIpc) is 3.22. The van der Waals surface area contributed by atoms with Gasteiger partial charge >= 0.3 is 0 Å². The third-order valence-corrected chi connectivity index (χ3v) is 7.08. The summed E-state index contributed by atoms with van der Waals surface area (Å²) in [7, 11) is 1.60. The van der Waals surface area contributed by atoms with Crippen LogP contribution in [0.3, 0.4) is 0 Å². The fourth-order valence-corrected chi connectivity index (χ4v) is 4.68. The van der Waals surface area contributed by atoms with Gasteiger partial charge in [0.15, 0.2) is 5.78 Å². The van der Waals surface area contributed by atoms with Crippen LogP contribution in [0.2, 0.25) is 0 Å². The molecule has 9 nitrogen and oxygen atoms in total. The van der Waals surface area contributed by atoms with Gasteiger partial charge in [-0.1, -0.05) is 32.0 Å². The lowest BCUT2D eigenvalue weighted by molar-refractivity contribution is 0.0976. The Kier molecular flexibility index (Phi) is 7.98. The smallest absolute Gasteiger partial charge is 0.282 e. The lowest BCUT2D eigenvalue weighted by Gasteiger charge is -2.19. The molecule has 41 heavy (non-hydrogen) atoms. The molecule has 0 saturated carbocycles. The van der Waals surface area contributed by atoms with Crippen molar-refractivity contribution in [2.24, 2.45) is 5.92 Å². The van der Waals surface area contributed by atoms with E-state index in [2.05, 4.69) is 9.97 Å². The molecule has 3 aromatic heterocycles. The van der Waals surface area contributed by atoms with E-state index in [-0.39, 0.29) is 30.2 Å². The van der Waals surface area contributed by atoms with Crippen LogP contribution in [0, 0.1) is 12.8 Å². The fourth-order valence-electron chi connectivity index (χ4n) is 4.68. The van der Waals surface area contributed by atoms with Crippen LogP contribution in [-0.4, -0.2) is 43.4 Å². The van der Waals surface area contributed by atoms with Gasteiger partial charge < -0.3 is 14.6 Å². The third-order valence-electron chi connectivity index (χ3n) is 7.08. The van der Waals surface area contributed by atoms with Gasteiger partial charge in [-0.15, -0.1) is 0 Å². The molecular formula is C32H32N4O5. The first kappa shape index (κ1) is 27.8. The molecule has 0 aliphatic heterocycles. The number of para-hydroxylation sites is 1. The molecule has 5 rings (SSSR count). The Balaban J connectivity index is 1.39. The minimum atomic E-state index is -0.688. The molecule has 0 bridgehead atoms. The maximum absolute atomic E-state index is 13.6. The van der Waals surface area contributed by atoms with Crippen molar-refractivity contribution in [3.05, 3.63) is 106 Å². The van der Waals surface area contributed by atoms with E-state index in [1.807, 2.05) is 50.2 Å². The highest BCUT2D eigenvalue weighted by Crippen LogP contribution is 2.30. The Bertz CT molecular complexity index is 1740. The molecule has 210 valence electrons. The number of rotatable bonds is 10. The number of carbonyl (C=O) groups excluding carboxylic acids is 1. The molecule has 0 unspecified atom stereocenters. The number of fused-ring (bicyclic) bond motifs is 1. The number of Topliss-reactive ketones (excluding diaryl/α,β-unsaturated/α-hetero) is 1. The summed E-state index contributed by atoms with van der Waals surface area (Å²) in [5.74, 6) is 1.46. The van der Waals surface area contributed by atoms with E-state index in [1.165, 1.54) is 4.68 Å². The predicted molar refractivity (Wildman–Crippen MR) is 156 cm³/mol. The quantitative estimate of drug-likeness (QED) is 0.239. The number of nitrogens with zero attached hydrogens (tertiary/aromatic N) is 4. The molecule has 0 spiro atoms. The van der Waals surface area contributed by atoms with Crippen LogP contribution >= 0.6 is 0 Å². The molecule has 1 N–H and O–H groups in total. The van der Waals surface area contributed by atoms with Crippen LogP contribution in [0.5, 0.6) is 17.2 Å². The average molecular weight is 553 g/mol. The summed E-state index contributed by atoms with van der Waals surface area (Å²) >= 11 is 0. The zero-order chi connectivity index (χ0) is 29.1. The largest absolute Gasteiger partial charge is 0.497 e. The zero-order valence-electron chi connectivity index (χ0n) is 23.4. The summed E-state index contributed by atoms with van der Waals surface area (Å²) in [5, 5.41) is 11.4. The van der Waals surface area contributed by atoms with Crippen molar-refractivity contribution in [1.29, 1.82) is 0 Å². The van der Waals surface area contributed by atoms with Crippen molar-refractivity contribution in [3.8, 4) is 22.9 Å². The highest BCUT2D eigenvalue weighted by Gasteiger charge is 2.25. The highest BCUT2D eigenvalue weighted by atomic mass is 16.5. The SMILES string of the molecule is COc1ccc2c(Oc3ccc(CC(=O)c4c(C)n(C[C@@H](O)C(C)C)n(-c5ccccc5)c4=O)nc3)ccnc2c1. The van der Waals surface area contributed by atoms with Gasteiger partial charge in [0.05, 0.1) is 43.6 Å². The zero-order valence-corrected chi connectivity index (χ0v) is 23.4. The van der Waals surface area contributed by atoms with Gasteiger partial charge in [-0.3, -0.25) is 24.2 Å². The minimum absolute atomic E-state index is 0.0202. The van der Waals surface area contributed by atoms with Gasteiger partial charge in [-0.25, -0.2) is 4.68 Å². The number of ketones is 1. The van der Waals surface area contributed by atoms with Crippen molar-refractivity contribution in [3.63, 3.8) is 0 Å². The van der Waals surface area contributed by atoms with Gasteiger partial charge in [0.2, 0.25) is 0 Å². The van der Waals surface area contributed by atoms with E-state index in [9.17, 15) is 14.7 Å². The molecule has 9 heteroatoms. The number of ether oxygens (including phenoxy) is 2. The van der Waals surface area contributed by atoms with Crippen LogP contribution < -0.4 is 15.0 Å². The first-order chi connectivity index (χ1) is 19.8. The first-order valence-electron chi connectivity index (χ1n) is 13.4.